The Hall–Kier alpha value is -2.15. The number of para-hydroxylation sites is 1. The largest absolute Gasteiger partial charge is 0.256 e. The monoisotopic (exact) mass is 303 g/mol. The van der Waals surface area contributed by atoms with Crippen molar-refractivity contribution in [3.05, 3.63) is 77.0 Å². The zero-order chi connectivity index (χ0) is 16.1. The second-order valence-electron chi connectivity index (χ2n) is 6.45. The number of hydrogen-bond acceptors (Lipinski definition) is 1. The van der Waals surface area contributed by atoms with Crippen LogP contribution in [0.5, 0.6) is 0 Å². The Balaban J connectivity index is 1.77. The average molecular weight is 303 g/mol. The van der Waals surface area contributed by atoms with Crippen LogP contribution in [0.25, 0.3) is 10.9 Å². The lowest BCUT2D eigenvalue weighted by atomic mass is 9.99. The van der Waals surface area contributed by atoms with Crippen molar-refractivity contribution in [1.82, 2.24) is 4.98 Å². The first-order valence-electron chi connectivity index (χ1n) is 8.68. The summed E-state index contributed by atoms with van der Waals surface area (Å²) in [5.74, 6) is 0. The van der Waals surface area contributed by atoms with Gasteiger partial charge in [-0.1, -0.05) is 62.2 Å². The third-order valence-electron chi connectivity index (χ3n) is 4.42. The molecule has 3 aromatic rings. The summed E-state index contributed by atoms with van der Waals surface area (Å²) >= 11 is 0. The van der Waals surface area contributed by atoms with Gasteiger partial charge in [-0.3, -0.25) is 4.98 Å². The molecule has 0 unspecified atom stereocenters. The van der Waals surface area contributed by atoms with E-state index < -0.39 is 0 Å². The fourth-order valence-corrected chi connectivity index (χ4v) is 3.10. The van der Waals surface area contributed by atoms with Crippen LogP contribution < -0.4 is 0 Å². The lowest BCUT2D eigenvalue weighted by Gasteiger charge is -2.08. The minimum Gasteiger partial charge on any atom is -0.256 e. The van der Waals surface area contributed by atoms with E-state index >= 15 is 0 Å². The summed E-state index contributed by atoms with van der Waals surface area (Å²) in [7, 11) is 0. The molecule has 23 heavy (non-hydrogen) atoms. The molecule has 0 aliphatic heterocycles. The molecular formula is C22H25N. The smallest absolute Gasteiger partial charge is 0.0737 e. The van der Waals surface area contributed by atoms with Crippen LogP contribution in [0.2, 0.25) is 0 Å². The predicted molar refractivity (Wildman–Crippen MR) is 99.0 cm³/mol. The highest BCUT2D eigenvalue weighted by Crippen LogP contribution is 2.21. The minimum absolute atomic E-state index is 0.947. The van der Waals surface area contributed by atoms with E-state index in [0.29, 0.717) is 0 Å². The van der Waals surface area contributed by atoms with Gasteiger partial charge in [0.1, 0.15) is 0 Å². The summed E-state index contributed by atoms with van der Waals surface area (Å²) < 4.78 is 0. The molecule has 0 atom stereocenters. The highest BCUT2D eigenvalue weighted by molar-refractivity contribution is 5.82. The van der Waals surface area contributed by atoms with Gasteiger partial charge in [0.15, 0.2) is 0 Å². The van der Waals surface area contributed by atoms with Crippen molar-refractivity contribution in [2.24, 2.45) is 0 Å². The first-order valence-corrected chi connectivity index (χ1v) is 8.68. The number of benzene rings is 2. The second-order valence-corrected chi connectivity index (χ2v) is 6.45. The number of nitrogens with zero attached hydrogens (tertiary/aromatic N) is 1. The standard InChI is InChI=1S/C22H25N/c1-3-4-5-7-18-10-12-19(13-11-18)15-21-9-6-8-20-14-17(2)16-23-22(20)21/h6,8-14,16H,3-5,7,15H2,1-2H3. The molecule has 0 amide bonds. The Labute approximate surface area is 139 Å². The van der Waals surface area contributed by atoms with E-state index in [1.165, 1.54) is 53.3 Å². The predicted octanol–water partition coefficient (Wildman–Crippen LogP) is 5.87. The SMILES string of the molecule is CCCCCc1ccc(Cc2cccc3cc(C)cnc23)cc1. The van der Waals surface area contributed by atoms with Crippen LogP contribution in [0.4, 0.5) is 0 Å². The number of rotatable bonds is 6. The fraction of sp³-hybridized carbons (Fsp3) is 0.318. The van der Waals surface area contributed by atoms with Gasteiger partial charge in [-0.15, -0.1) is 0 Å². The topological polar surface area (TPSA) is 12.9 Å². The van der Waals surface area contributed by atoms with Crippen LogP contribution >= 0.6 is 0 Å². The summed E-state index contributed by atoms with van der Waals surface area (Å²) in [6, 6.07) is 17.8. The van der Waals surface area contributed by atoms with Crippen LogP contribution in [0.1, 0.15) is 48.4 Å². The van der Waals surface area contributed by atoms with Crippen LogP contribution in [-0.2, 0) is 12.8 Å². The lowest BCUT2D eigenvalue weighted by Crippen LogP contribution is -1.93. The number of fused-ring (bicyclic) bond motifs is 1. The zero-order valence-electron chi connectivity index (χ0n) is 14.2. The normalized spacial score (nSPS) is 11.0. The Bertz CT molecular complexity index is 772. The van der Waals surface area contributed by atoms with E-state index in [-0.39, 0.29) is 0 Å². The van der Waals surface area contributed by atoms with E-state index in [4.69, 9.17) is 0 Å². The Morgan fingerprint density at radius 3 is 2.48 bits per heavy atom. The molecule has 0 spiro atoms. The molecule has 0 bridgehead atoms. The third-order valence-corrected chi connectivity index (χ3v) is 4.42. The molecule has 0 saturated carbocycles. The number of aryl methyl sites for hydroxylation is 2. The highest BCUT2D eigenvalue weighted by atomic mass is 14.7. The quantitative estimate of drug-likeness (QED) is 0.519. The van der Waals surface area contributed by atoms with Crippen LogP contribution in [0.3, 0.4) is 0 Å². The van der Waals surface area contributed by atoms with Crippen molar-refractivity contribution >= 4 is 10.9 Å². The molecule has 1 heterocycles. The first-order chi connectivity index (χ1) is 11.3. The Morgan fingerprint density at radius 2 is 1.70 bits per heavy atom. The van der Waals surface area contributed by atoms with Gasteiger partial charge in [-0.25, -0.2) is 0 Å². The van der Waals surface area contributed by atoms with E-state index in [2.05, 4.69) is 67.4 Å². The van der Waals surface area contributed by atoms with Gasteiger partial charge in [-0.05, 0) is 54.5 Å². The Kier molecular flexibility index (Phi) is 5.07. The van der Waals surface area contributed by atoms with Crippen LogP contribution in [0, 0.1) is 6.92 Å². The van der Waals surface area contributed by atoms with E-state index in [1.807, 2.05) is 6.20 Å². The maximum atomic E-state index is 4.64. The maximum Gasteiger partial charge on any atom is 0.0737 e. The summed E-state index contributed by atoms with van der Waals surface area (Å²) in [6.45, 7) is 4.35. The summed E-state index contributed by atoms with van der Waals surface area (Å²) in [4.78, 5) is 4.64. The molecule has 0 radical (unpaired) electrons. The number of hydrogen-bond donors (Lipinski definition) is 0. The molecule has 0 N–H and O–H groups in total. The van der Waals surface area contributed by atoms with Gasteiger partial charge in [0.25, 0.3) is 0 Å². The molecule has 0 aliphatic carbocycles. The average Bonchev–Trinajstić information content (AvgIpc) is 2.56. The molecule has 2 aromatic carbocycles. The minimum atomic E-state index is 0.947. The number of aromatic nitrogens is 1. The molecule has 3 rings (SSSR count). The van der Waals surface area contributed by atoms with Crippen molar-refractivity contribution in [3.8, 4) is 0 Å². The van der Waals surface area contributed by atoms with Gasteiger partial charge in [-0.2, -0.15) is 0 Å². The fourth-order valence-electron chi connectivity index (χ4n) is 3.10. The summed E-state index contributed by atoms with van der Waals surface area (Å²) in [5.41, 5.74) is 6.46. The summed E-state index contributed by atoms with van der Waals surface area (Å²) in [6.07, 6.45) is 8.01. The van der Waals surface area contributed by atoms with Gasteiger partial charge in [0.2, 0.25) is 0 Å². The Morgan fingerprint density at radius 1 is 0.913 bits per heavy atom. The van der Waals surface area contributed by atoms with Crippen molar-refractivity contribution in [3.63, 3.8) is 0 Å². The first kappa shape index (κ1) is 15.7. The number of pyridine rings is 1. The molecule has 0 aliphatic rings. The van der Waals surface area contributed by atoms with Gasteiger partial charge in [0.05, 0.1) is 5.52 Å². The van der Waals surface area contributed by atoms with Gasteiger partial charge < -0.3 is 0 Å². The van der Waals surface area contributed by atoms with Crippen molar-refractivity contribution in [1.29, 1.82) is 0 Å². The number of unbranched alkanes of at least 4 members (excludes halogenated alkanes) is 2. The summed E-state index contributed by atoms with van der Waals surface area (Å²) in [5, 5.41) is 1.23. The third kappa shape index (κ3) is 3.98. The molecule has 1 aromatic heterocycles. The maximum absolute atomic E-state index is 4.64. The van der Waals surface area contributed by atoms with Gasteiger partial charge in [0, 0.05) is 11.6 Å². The molecule has 118 valence electrons. The van der Waals surface area contributed by atoms with Gasteiger partial charge >= 0.3 is 0 Å². The van der Waals surface area contributed by atoms with Crippen molar-refractivity contribution in [2.45, 2.75) is 46.0 Å². The van der Waals surface area contributed by atoms with E-state index in [9.17, 15) is 0 Å². The highest BCUT2D eigenvalue weighted by Gasteiger charge is 2.04. The van der Waals surface area contributed by atoms with E-state index in [0.717, 1.165) is 11.9 Å². The van der Waals surface area contributed by atoms with Crippen molar-refractivity contribution < 1.29 is 0 Å². The molecule has 0 saturated heterocycles. The van der Waals surface area contributed by atoms with Crippen LogP contribution in [0.15, 0.2) is 54.7 Å². The molecule has 1 heteroatoms. The van der Waals surface area contributed by atoms with Crippen molar-refractivity contribution in [2.75, 3.05) is 0 Å². The molecule has 0 fully saturated rings. The molecule has 1 nitrogen and oxygen atoms in total. The lowest BCUT2D eigenvalue weighted by molar-refractivity contribution is 0.717. The zero-order valence-corrected chi connectivity index (χ0v) is 14.2. The second kappa shape index (κ2) is 7.41. The molecular weight excluding hydrogens is 278 g/mol. The van der Waals surface area contributed by atoms with Crippen LogP contribution in [-0.4, -0.2) is 4.98 Å². The van der Waals surface area contributed by atoms with E-state index in [1.54, 1.807) is 0 Å².